The van der Waals surface area contributed by atoms with Gasteiger partial charge in [0.15, 0.2) is 11.5 Å². The molecule has 2 heterocycles. The van der Waals surface area contributed by atoms with E-state index in [1.807, 2.05) is 0 Å². The van der Waals surface area contributed by atoms with Crippen LogP contribution in [0.5, 0.6) is 11.5 Å². The molecular formula is C14H19NO5S. The topological polar surface area (TPSA) is 73.9 Å². The van der Waals surface area contributed by atoms with E-state index in [1.165, 1.54) is 12.1 Å². The molecule has 0 radical (unpaired) electrons. The molecule has 1 saturated heterocycles. The number of hydrogen-bond donors (Lipinski definition) is 1. The van der Waals surface area contributed by atoms with Crippen LogP contribution in [-0.4, -0.2) is 40.9 Å². The Bertz CT molecular complexity index is 595. The molecule has 3 rings (SSSR count). The first-order valence-corrected chi connectivity index (χ1v) is 8.64. The first-order valence-electron chi connectivity index (χ1n) is 7.16. The molecule has 1 N–H and O–H groups in total. The van der Waals surface area contributed by atoms with Gasteiger partial charge in [0.25, 0.3) is 0 Å². The number of ether oxygens (including phenoxy) is 3. The van der Waals surface area contributed by atoms with E-state index in [0.717, 1.165) is 19.4 Å². The third-order valence-corrected chi connectivity index (χ3v) is 5.07. The molecule has 1 unspecified atom stereocenters. The summed E-state index contributed by atoms with van der Waals surface area (Å²) in [5, 5.41) is 0. The van der Waals surface area contributed by atoms with Gasteiger partial charge in [-0.2, -0.15) is 0 Å². The second kappa shape index (κ2) is 6.21. The summed E-state index contributed by atoms with van der Waals surface area (Å²) in [6.45, 7) is 2.07. The highest BCUT2D eigenvalue weighted by atomic mass is 32.2. The van der Waals surface area contributed by atoms with Crippen LogP contribution in [0, 0.1) is 0 Å². The molecule has 6 nitrogen and oxygen atoms in total. The second-order valence-electron chi connectivity index (χ2n) is 5.13. The van der Waals surface area contributed by atoms with Gasteiger partial charge in [-0.1, -0.05) is 0 Å². The van der Waals surface area contributed by atoms with Crippen molar-refractivity contribution >= 4 is 10.0 Å². The minimum absolute atomic E-state index is 0.174. The lowest BCUT2D eigenvalue weighted by atomic mass is 10.2. The predicted molar refractivity (Wildman–Crippen MR) is 76.2 cm³/mol. The molecule has 2 aliphatic rings. The van der Waals surface area contributed by atoms with E-state index in [0.29, 0.717) is 37.7 Å². The van der Waals surface area contributed by atoms with Crippen molar-refractivity contribution in [3.8, 4) is 11.5 Å². The standard InChI is InChI=1S/C14H19NO5S/c16-21(17,15-6-5-11-2-1-7-18-11)12-3-4-13-14(10-12)20-9-8-19-13/h3-4,10-11,15H,1-2,5-9H2. The third-order valence-electron chi connectivity index (χ3n) is 3.61. The molecular weight excluding hydrogens is 294 g/mol. The van der Waals surface area contributed by atoms with Gasteiger partial charge in [0.1, 0.15) is 13.2 Å². The van der Waals surface area contributed by atoms with Gasteiger partial charge in [-0.3, -0.25) is 0 Å². The van der Waals surface area contributed by atoms with Gasteiger partial charge in [-0.15, -0.1) is 0 Å². The van der Waals surface area contributed by atoms with Crippen LogP contribution >= 0.6 is 0 Å². The zero-order valence-electron chi connectivity index (χ0n) is 11.7. The minimum Gasteiger partial charge on any atom is -0.486 e. The Morgan fingerprint density at radius 3 is 2.71 bits per heavy atom. The SMILES string of the molecule is O=S(=O)(NCCC1CCCO1)c1ccc2c(c1)OCCO2. The first kappa shape index (κ1) is 14.6. The summed E-state index contributed by atoms with van der Waals surface area (Å²) in [4.78, 5) is 0.194. The lowest BCUT2D eigenvalue weighted by Gasteiger charge is -2.19. The molecule has 2 aliphatic heterocycles. The van der Waals surface area contributed by atoms with Crippen LogP contribution in [0.4, 0.5) is 0 Å². The van der Waals surface area contributed by atoms with Crippen molar-refractivity contribution in [1.82, 2.24) is 4.72 Å². The van der Waals surface area contributed by atoms with Gasteiger partial charge in [0.05, 0.1) is 11.0 Å². The maximum Gasteiger partial charge on any atom is 0.240 e. The number of nitrogens with one attached hydrogen (secondary N) is 1. The van der Waals surface area contributed by atoms with E-state index >= 15 is 0 Å². The quantitative estimate of drug-likeness (QED) is 0.887. The van der Waals surface area contributed by atoms with Gasteiger partial charge in [-0.05, 0) is 31.4 Å². The number of hydrogen-bond acceptors (Lipinski definition) is 5. The van der Waals surface area contributed by atoms with E-state index in [9.17, 15) is 8.42 Å². The summed E-state index contributed by atoms with van der Waals surface area (Å²) < 4.78 is 43.4. The van der Waals surface area contributed by atoms with Crippen molar-refractivity contribution in [3.63, 3.8) is 0 Å². The Morgan fingerprint density at radius 2 is 1.95 bits per heavy atom. The zero-order chi connectivity index (χ0) is 14.7. The molecule has 1 aromatic carbocycles. The highest BCUT2D eigenvalue weighted by molar-refractivity contribution is 7.89. The smallest absolute Gasteiger partial charge is 0.240 e. The lowest BCUT2D eigenvalue weighted by molar-refractivity contribution is 0.105. The summed E-state index contributed by atoms with van der Waals surface area (Å²) in [7, 11) is -3.53. The van der Waals surface area contributed by atoms with Crippen LogP contribution in [0.15, 0.2) is 23.1 Å². The van der Waals surface area contributed by atoms with E-state index in [-0.39, 0.29) is 11.0 Å². The van der Waals surface area contributed by atoms with Crippen molar-refractivity contribution in [2.24, 2.45) is 0 Å². The number of fused-ring (bicyclic) bond motifs is 1. The van der Waals surface area contributed by atoms with Gasteiger partial charge in [-0.25, -0.2) is 13.1 Å². The summed E-state index contributed by atoms with van der Waals surface area (Å²) in [5.41, 5.74) is 0. The fraction of sp³-hybridized carbons (Fsp3) is 0.571. The van der Waals surface area contributed by atoms with Crippen LogP contribution in [0.3, 0.4) is 0 Å². The van der Waals surface area contributed by atoms with Crippen LogP contribution < -0.4 is 14.2 Å². The van der Waals surface area contributed by atoms with Gasteiger partial charge < -0.3 is 14.2 Å². The van der Waals surface area contributed by atoms with Crippen molar-refractivity contribution in [2.75, 3.05) is 26.4 Å². The Kier molecular flexibility index (Phi) is 4.32. The molecule has 21 heavy (non-hydrogen) atoms. The van der Waals surface area contributed by atoms with E-state index in [2.05, 4.69) is 4.72 Å². The van der Waals surface area contributed by atoms with Crippen molar-refractivity contribution in [3.05, 3.63) is 18.2 Å². The fourth-order valence-electron chi connectivity index (χ4n) is 2.50. The number of rotatable bonds is 5. The number of benzene rings is 1. The Hall–Kier alpha value is -1.31. The molecule has 0 aromatic heterocycles. The normalized spacial score (nSPS) is 21.4. The fourth-order valence-corrected chi connectivity index (χ4v) is 3.56. The highest BCUT2D eigenvalue weighted by Gasteiger charge is 2.20. The van der Waals surface area contributed by atoms with Crippen LogP contribution in [-0.2, 0) is 14.8 Å². The lowest BCUT2D eigenvalue weighted by Crippen LogP contribution is -2.27. The van der Waals surface area contributed by atoms with E-state index in [4.69, 9.17) is 14.2 Å². The van der Waals surface area contributed by atoms with E-state index < -0.39 is 10.0 Å². The second-order valence-corrected chi connectivity index (χ2v) is 6.89. The van der Waals surface area contributed by atoms with Crippen LogP contribution in [0.25, 0.3) is 0 Å². The Labute approximate surface area is 124 Å². The first-order chi connectivity index (χ1) is 10.1. The molecule has 0 amide bonds. The van der Waals surface area contributed by atoms with Crippen LogP contribution in [0.2, 0.25) is 0 Å². The van der Waals surface area contributed by atoms with Crippen LogP contribution in [0.1, 0.15) is 19.3 Å². The average molecular weight is 313 g/mol. The van der Waals surface area contributed by atoms with Gasteiger partial charge >= 0.3 is 0 Å². The zero-order valence-corrected chi connectivity index (χ0v) is 12.5. The highest BCUT2D eigenvalue weighted by Crippen LogP contribution is 2.32. The summed E-state index contributed by atoms with van der Waals surface area (Å²) in [5.74, 6) is 1.06. The molecule has 0 bridgehead atoms. The monoisotopic (exact) mass is 313 g/mol. The average Bonchev–Trinajstić information content (AvgIpc) is 3.00. The number of sulfonamides is 1. The molecule has 0 spiro atoms. The minimum atomic E-state index is -3.53. The summed E-state index contributed by atoms with van der Waals surface area (Å²) in [6, 6.07) is 4.66. The van der Waals surface area contributed by atoms with Crippen molar-refractivity contribution in [1.29, 1.82) is 0 Å². The Balaban J connectivity index is 1.63. The van der Waals surface area contributed by atoms with Gasteiger partial charge in [0.2, 0.25) is 10.0 Å². The summed E-state index contributed by atoms with van der Waals surface area (Å²) >= 11 is 0. The molecule has 0 saturated carbocycles. The predicted octanol–water partition coefficient (Wildman–Crippen LogP) is 1.31. The maximum absolute atomic E-state index is 12.2. The molecule has 0 aliphatic carbocycles. The maximum atomic E-state index is 12.2. The van der Waals surface area contributed by atoms with Crippen molar-refractivity contribution < 1.29 is 22.6 Å². The summed E-state index contributed by atoms with van der Waals surface area (Å²) in [6.07, 6.45) is 2.93. The van der Waals surface area contributed by atoms with Gasteiger partial charge in [0, 0.05) is 19.2 Å². The molecule has 7 heteroatoms. The molecule has 1 fully saturated rings. The molecule has 1 aromatic rings. The van der Waals surface area contributed by atoms with Crippen molar-refractivity contribution in [2.45, 2.75) is 30.3 Å². The van der Waals surface area contributed by atoms with E-state index in [1.54, 1.807) is 6.07 Å². The Morgan fingerprint density at radius 1 is 1.14 bits per heavy atom. The molecule has 116 valence electrons. The largest absolute Gasteiger partial charge is 0.486 e. The third kappa shape index (κ3) is 3.48. The molecule has 1 atom stereocenters.